The first-order valence-electron chi connectivity index (χ1n) is 27.8. The standard InChI is InChI=1S/C64H100O6/c1-4-7-10-13-16-19-22-24-26-28-30-32-34-36-38-40-42-45-48-51-54-57-63(66)69-60-61(59-68-62(65)56-53-50-47-44-21-18-15-12-9-6-3)70-64(67)58-55-52-49-46-43-41-39-37-35-33-31-29-27-25-23-20-17-14-11-8-5-2/h7-8,10-11,16-17,19-20,24-27,30-33,36-39,42-43,45-46,61H,4-6,9,12-15,18,21-23,28-29,34-35,40-41,44,47-60H2,1-3H3/b10-7-,11-8-,19-16-,20-17-,26-24-,27-25-,32-30-,33-31-,38-36-,39-37-,45-42-,46-43-. The van der Waals surface area contributed by atoms with Crippen LogP contribution in [-0.4, -0.2) is 37.2 Å². The maximum atomic E-state index is 12.8. The summed E-state index contributed by atoms with van der Waals surface area (Å²) < 4.78 is 16.7. The first-order chi connectivity index (χ1) is 34.5. The number of hydrogen-bond donors (Lipinski definition) is 0. The highest BCUT2D eigenvalue weighted by Gasteiger charge is 2.19. The summed E-state index contributed by atoms with van der Waals surface area (Å²) in [7, 11) is 0. The van der Waals surface area contributed by atoms with Crippen LogP contribution in [-0.2, 0) is 28.6 Å². The molecule has 0 aliphatic heterocycles. The van der Waals surface area contributed by atoms with Gasteiger partial charge in [-0.15, -0.1) is 0 Å². The molecule has 0 aromatic heterocycles. The van der Waals surface area contributed by atoms with Gasteiger partial charge < -0.3 is 14.2 Å². The van der Waals surface area contributed by atoms with E-state index in [0.29, 0.717) is 19.3 Å². The second-order valence-electron chi connectivity index (χ2n) is 17.7. The molecule has 0 fully saturated rings. The van der Waals surface area contributed by atoms with Crippen LogP contribution in [0.3, 0.4) is 0 Å². The largest absolute Gasteiger partial charge is 0.462 e. The Labute approximate surface area is 429 Å². The van der Waals surface area contributed by atoms with E-state index in [9.17, 15) is 14.4 Å². The third kappa shape index (κ3) is 54.2. The molecule has 1 atom stereocenters. The van der Waals surface area contributed by atoms with Gasteiger partial charge in [-0.25, -0.2) is 0 Å². The van der Waals surface area contributed by atoms with Crippen molar-refractivity contribution < 1.29 is 28.6 Å². The predicted octanol–water partition coefficient (Wildman–Crippen LogP) is 18.8. The number of allylic oxidation sites excluding steroid dienone is 24. The Morgan fingerprint density at radius 1 is 0.300 bits per heavy atom. The smallest absolute Gasteiger partial charge is 0.306 e. The molecule has 0 saturated carbocycles. The number of carbonyl (C=O) groups excluding carboxylic acids is 3. The second-order valence-corrected chi connectivity index (χ2v) is 17.7. The monoisotopic (exact) mass is 965 g/mol. The molecule has 0 heterocycles. The lowest BCUT2D eigenvalue weighted by atomic mass is 10.1. The molecule has 0 saturated heterocycles. The minimum atomic E-state index is -0.824. The summed E-state index contributed by atoms with van der Waals surface area (Å²) in [5.74, 6) is -1.01. The average Bonchev–Trinajstić information content (AvgIpc) is 3.36. The van der Waals surface area contributed by atoms with E-state index >= 15 is 0 Å². The van der Waals surface area contributed by atoms with E-state index in [1.165, 1.54) is 44.9 Å². The van der Waals surface area contributed by atoms with Gasteiger partial charge in [0, 0.05) is 19.3 Å². The summed E-state index contributed by atoms with van der Waals surface area (Å²) in [6.45, 7) is 6.31. The third-order valence-corrected chi connectivity index (χ3v) is 11.1. The zero-order chi connectivity index (χ0) is 50.7. The second kappa shape index (κ2) is 56.9. The molecule has 0 rings (SSSR count). The van der Waals surface area contributed by atoms with Crippen molar-refractivity contribution in [1.29, 1.82) is 0 Å². The lowest BCUT2D eigenvalue weighted by Gasteiger charge is -2.18. The fourth-order valence-electron chi connectivity index (χ4n) is 6.98. The minimum Gasteiger partial charge on any atom is -0.462 e. The van der Waals surface area contributed by atoms with Crippen molar-refractivity contribution in [2.75, 3.05) is 13.2 Å². The van der Waals surface area contributed by atoms with Crippen LogP contribution in [0.5, 0.6) is 0 Å². The van der Waals surface area contributed by atoms with Gasteiger partial charge in [-0.2, -0.15) is 0 Å². The van der Waals surface area contributed by atoms with E-state index in [1.54, 1.807) is 0 Å². The number of ether oxygens (including phenoxy) is 3. The molecule has 0 bridgehead atoms. The predicted molar refractivity (Wildman–Crippen MR) is 302 cm³/mol. The van der Waals surface area contributed by atoms with E-state index in [2.05, 4.69) is 167 Å². The summed E-state index contributed by atoms with van der Waals surface area (Å²) in [4.78, 5) is 38.0. The van der Waals surface area contributed by atoms with Gasteiger partial charge >= 0.3 is 17.9 Å². The fourth-order valence-corrected chi connectivity index (χ4v) is 6.98. The number of esters is 3. The molecule has 0 N–H and O–H groups in total. The Balaban J connectivity index is 4.52. The number of unbranched alkanes of at least 4 members (excludes halogenated alkanes) is 13. The molecule has 0 amide bonds. The summed E-state index contributed by atoms with van der Waals surface area (Å²) in [5, 5.41) is 0. The van der Waals surface area contributed by atoms with E-state index in [1.807, 2.05) is 0 Å². The molecular formula is C64H100O6. The van der Waals surface area contributed by atoms with Crippen molar-refractivity contribution >= 4 is 17.9 Å². The fraction of sp³-hybridized carbons (Fsp3) is 0.578. The minimum absolute atomic E-state index is 0.114. The van der Waals surface area contributed by atoms with Crippen molar-refractivity contribution in [2.45, 2.75) is 226 Å². The Morgan fingerprint density at radius 3 is 0.871 bits per heavy atom. The quantitative estimate of drug-likeness (QED) is 0.0262. The average molecular weight is 965 g/mol. The van der Waals surface area contributed by atoms with Crippen LogP contribution in [0.25, 0.3) is 0 Å². The van der Waals surface area contributed by atoms with Crippen LogP contribution < -0.4 is 0 Å². The summed E-state index contributed by atoms with van der Waals surface area (Å²) in [6, 6.07) is 0. The zero-order valence-corrected chi connectivity index (χ0v) is 44.7. The maximum absolute atomic E-state index is 12.8. The molecule has 0 aliphatic rings. The van der Waals surface area contributed by atoms with E-state index in [-0.39, 0.29) is 44.0 Å². The van der Waals surface area contributed by atoms with Crippen molar-refractivity contribution in [3.8, 4) is 0 Å². The van der Waals surface area contributed by atoms with Crippen molar-refractivity contribution in [1.82, 2.24) is 0 Å². The first-order valence-corrected chi connectivity index (χ1v) is 27.8. The Morgan fingerprint density at radius 2 is 0.557 bits per heavy atom. The highest BCUT2D eigenvalue weighted by molar-refractivity contribution is 5.71. The molecule has 0 aromatic rings. The summed E-state index contributed by atoms with van der Waals surface area (Å²) in [5.41, 5.74) is 0. The van der Waals surface area contributed by atoms with Crippen LogP contribution in [0.1, 0.15) is 220 Å². The summed E-state index contributed by atoms with van der Waals surface area (Å²) in [6.07, 6.45) is 81.3. The van der Waals surface area contributed by atoms with Crippen LogP contribution in [0, 0.1) is 0 Å². The lowest BCUT2D eigenvalue weighted by molar-refractivity contribution is -0.167. The van der Waals surface area contributed by atoms with Crippen LogP contribution >= 0.6 is 0 Å². The normalized spacial score (nSPS) is 13.2. The Kier molecular flexibility index (Phi) is 53.0. The maximum Gasteiger partial charge on any atom is 0.306 e. The molecule has 0 aromatic carbocycles. The highest BCUT2D eigenvalue weighted by Crippen LogP contribution is 2.13. The SMILES string of the molecule is CC/C=C\C/C=C\C/C=C\C/C=C\C/C=C\C/C=C\CCCCC(=O)OCC(COC(=O)CCCCCCCCCCCC)OC(=O)CCCC/C=C\C/C=C\C/C=C\C/C=C\C/C=C\C/C=C\CC. The third-order valence-electron chi connectivity index (χ3n) is 11.1. The van der Waals surface area contributed by atoms with Gasteiger partial charge in [0.25, 0.3) is 0 Å². The molecule has 392 valence electrons. The van der Waals surface area contributed by atoms with E-state index in [4.69, 9.17) is 14.2 Å². The van der Waals surface area contributed by atoms with Gasteiger partial charge in [0.1, 0.15) is 13.2 Å². The number of hydrogen-bond acceptors (Lipinski definition) is 6. The molecule has 6 nitrogen and oxygen atoms in total. The lowest BCUT2D eigenvalue weighted by Crippen LogP contribution is -2.30. The van der Waals surface area contributed by atoms with Crippen LogP contribution in [0.4, 0.5) is 0 Å². The van der Waals surface area contributed by atoms with Gasteiger partial charge in [-0.1, -0.05) is 224 Å². The Hall–Kier alpha value is -4.71. The van der Waals surface area contributed by atoms with E-state index in [0.717, 1.165) is 122 Å². The number of rotatable bonds is 48. The van der Waals surface area contributed by atoms with Gasteiger partial charge in [-0.05, 0) is 122 Å². The first kappa shape index (κ1) is 65.3. The van der Waals surface area contributed by atoms with E-state index < -0.39 is 6.10 Å². The van der Waals surface area contributed by atoms with Gasteiger partial charge in [-0.3, -0.25) is 14.4 Å². The molecule has 1 unspecified atom stereocenters. The molecule has 6 heteroatoms. The van der Waals surface area contributed by atoms with Crippen LogP contribution in [0.15, 0.2) is 146 Å². The highest BCUT2D eigenvalue weighted by atomic mass is 16.6. The van der Waals surface area contributed by atoms with Crippen LogP contribution in [0.2, 0.25) is 0 Å². The molecule has 0 aliphatic carbocycles. The van der Waals surface area contributed by atoms with Crippen molar-refractivity contribution in [2.24, 2.45) is 0 Å². The molecule has 70 heavy (non-hydrogen) atoms. The van der Waals surface area contributed by atoms with Crippen molar-refractivity contribution in [3.05, 3.63) is 146 Å². The van der Waals surface area contributed by atoms with Gasteiger partial charge in [0.05, 0.1) is 0 Å². The van der Waals surface area contributed by atoms with Crippen molar-refractivity contribution in [3.63, 3.8) is 0 Å². The van der Waals surface area contributed by atoms with Gasteiger partial charge in [0.15, 0.2) is 6.10 Å². The molecule has 0 radical (unpaired) electrons. The molecular weight excluding hydrogens is 865 g/mol. The summed E-state index contributed by atoms with van der Waals surface area (Å²) >= 11 is 0. The number of carbonyl (C=O) groups is 3. The topological polar surface area (TPSA) is 78.9 Å². The van der Waals surface area contributed by atoms with Gasteiger partial charge in [0.2, 0.25) is 0 Å². The molecule has 0 spiro atoms. The Bertz CT molecular complexity index is 1580. The zero-order valence-electron chi connectivity index (χ0n) is 44.7.